The van der Waals surface area contributed by atoms with Gasteiger partial charge in [0.2, 0.25) is 0 Å². The maximum Gasteiger partial charge on any atom is 0.335 e. The number of carbonyl (C=O) groups is 1. The molecule has 0 amide bonds. The Morgan fingerprint density at radius 2 is 2.50 bits per heavy atom. The molecule has 1 rings (SSSR count). The third kappa shape index (κ3) is 2.15. The molecule has 0 unspecified atom stereocenters. The van der Waals surface area contributed by atoms with E-state index in [2.05, 4.69) is 19.9 Å². The number of methoxy groups -OCH3 is 1. The third-order valence-electron chi connectivity index (χ3n) is 1.10. The summed E-state index contributed by atoms with van der Waals surface area (Å²) in [4.78, 5) is 14.0. The van der Waals surface area contributed by atoms with Crippen LogP contribution in [0.25, 0.3) is 0 Å². The number of carboxylic acids is 1. The first kappa shape index (κ1) is 8.38. The van der Waals surface area contributed by atoms with Crippen LogP contribution in [0.15, 0.2) is 6.20 Å². The quantitative estimate of drug-likeness (QED) is 0.657. The summed E-state index contributed by atoms with van der Waals surface area (Å²) in [5.74, 6) is -0.961. The second-order valence-corrected chi connectivity index (χ2v) is 2.00. The van der Waals surface area contributed by atoms with E-state index in [-0.39, 0.29) is 12.4 Å². The fraction of sp³-hybridized carbons (Fsp3) is 0.333. The molecule has 0 bridgehead atoms. The molecule has 1 aromatic heterocycles. The molecule has 1 heterocycles. The zero-order valence-electron chi connectivity index (χ0n) is 6.39. The lowest BCUT2D eigenvalue weighted by atomic mass is 10.3. The van der Waals surface area contributed by atoms with Crippen molar-refractivity contribution in [1.82, 2.24) is 15.2 Å². The van der Waals surface area contributed by atoms with E-state index in [1.54, 1.807) is 0 Å². The predicted octanol–water partition coefficient (Wildman–Crippen LogP) is -0.493. The topological polar surface area (TPSA) is 85.2 Å². The molecule has 0 fully saturated rings. The van der Waals surface area contributed by atoms with E-state index in [1.807, 2.05) is 0 Å². The Hall–Kier alpha value is -1.72. The number of rotatable bonds is 3. The summed E-state index contributed by atoms with van der Waals surface area (Å²) in [6.07, 6.45) is 1.11. The lowest BCUT2D eigenvalue weighted by Gasteiger charge is -1.97. The van der Waals surface area contributed by atoms with Crippen LogP contribution in [0.4, 0.5) is 0 Å². The number of hydrogen-bond acceptors (Lipinski definition) is 5. The molecule has 0 aromatic carbocycles. The Kier molecular flexibility index (Phi) is 2.52. The number of carboxylic acid groups (broad SMARTS) is 1. The average Bonchev–Trinajstić information content (AvgIpc) is 2.03. The smallest absolute Gasteiger partial charge is 0.335 e. The standard InChI is InChI=1S/C6H7N3O3/c1-12-6-8-4(2-5(10)11)3-7-9-6/h3H,2H2,1H3,(H,10,11). The zero-order chi connectivity index (χ0) is 8.97. The first-order valence-electron chi connectivity index (χ1n) is 3.16. The molecule has 1 N–H and O–H groups in total. The Morgan fingerprint density at radius 1 is 1.75 bits per heavy atom. The van der Waals surface area contributed by atoms with Gasteiger partial charge in [-0.3, -0.25) is 4.79 Å². The molecule has 0 saturated carbocycles. The number of aliphatic carboxylic acids is 1. The van der Waals surface area contributed by atoms with Crippen molar-refractivity contribution in [1.29, 1.82) is 0 Å². The molecule has 12 heavy (non-hydrogen) atoms. The SMILES string of the molecule is COc1nncc(CC(=O)O)n1. The summed E-state index contributed by atoms with van der Waals surface area (Å²) in [5, 5.41) is 15.4. The number of aromatic nitrogens is 3. The van der Waals surface area contributed by atoms with Gasteiger partial charge in [0, 0.05) is 0 Å². The molecular formula is C6H7N3O3. The van der Waals surface area contributed by atoms with Crippen molar-refractivity contribution in [3.8, 4) is 6.01 Å². The molecular weight excluding hydrogens is 162 g/mol. The molecule has 0 aliphatic rings. The van der Waals surface area contributed by atoms with Crippen molar-refractivity contribution in [3.63, 3.8) is 0 Å². The lowest BCUT2D eigenvalue weighted by Crippen LogP contribution is -2.05. The van der Waals surface area contributed by atoms with Gasteiger partial charge in [0.05, 0.1) is 25.4 Å². The summed E-state index contributed by atoms with van der Waals surface area (Å²) >= 11 is 0. The van der Waals surface area contributed by atoms with Crippen molar-refractivity contribution in [2.75, 3.05) is 7.11 Å². The third-order valence-corrected chi connectivity index (χ3v) is 1.10. The molecule has 0 aliphatic carbocycles. The Balaban J connectivity index is 2.79. The van der Waals surface area contributed by atoms with E-state index in [0.717, 1.165) is 0 Å². The second-order valence-electron chi connectivity index (χ2n) is 2.00. The van der Waals surface area contributed by atoms with Gasteiger partial charge in [-0.25, -0.2) is 0 Å². The number of ether oxygens (including phenoxy) is 1. The lowest BCUT2D eigenvalue weighted by molar-refractivity contribution is -0.136. The largest absolute Gasteiger partial charge is 0.481 e. The number of nitrogens with zero attached hydrogens (tertiary/aromatic N) is 3. The van der Waals surface area contributed by atoms with Crippen molar-refractivity contribution < 1.29 is 14.6 Å². The molecule has 0 radical (unpaired) electrons. The molecule has 6 nitrogen and oxygen atoms in total. The van der Waals surface area contributed by atoms with Crippen LogP contribution in [0.2, 0.25) is 0 Å². The van der Waals surface area contributed by atoms with Crippen LogP contribution in [0.5, 0.6) is 6.01 Å². The zero-order valence-corrected chi connectivity index (χ0v) is 6.39. The summed E-state index contributed by atoms with van der Waals surface area (Å²) in [5.41, 5.74) is 0.328. The van der Waals surface area contributed by atoms with Gasteiger partial charge in [-0.05, 0) is 0 Å². The Bertz CT molecular complexity index is 289. The first-order chi connectivity index (χ1) is 5.72. The molecule has 0 saturated heterocycles. The minimum Gasteiger partial charge on any atom is -0.481 e. The highest BCUT2D eigenvalue weighted by Gasteiger charge is 2.04. The van der Waals surface area contributed by atoms with E-state index in [4.69, 9.17) is 5.11 Å². The van der Waals surface area contributed by atoms with Gasteiger partial charge >= 0.3 is 12.0 Å². The Morgan fingerprint density at radius 3 is 3.08 bits per heavy atom. The molecule has 64 valence electrons. The molecule has 6 heteroatoms. The van der Waals surface area contributed by atoms with Gasteiger partial charge in [-0.15, -0.1) is 0 Å². The van der Waals surface area contributed by atoms with Crippen LogP contribution in [-0.4, -0.2) is 33.4 Å². The van der Waals surface area contributed by atoms with Crippen LogP contribution < -0.4 is 4.74 Å². The monoisotopic (exact) mass is 169 g/mol. The second kappa shape index (κ2) is 3.61. The minimum absolute atomic E-state index is 0.0775. The first-order valence-corrected chi connectivity index (χ1v) is 3.16. The van der Waals surface area contributed by atoms with Crippen molar-refractivity contribution in [2.45, 2.75) is 6.42 Å². The maximum atomic E-state index is 10.2. The maximum absolute atomic E-state index is 10.2. The van der Waals surface area contributed by atoms with Gasteiger partial charge in [0.15, 0.2) is 0 Å². The van der Waals surface area contributed by atoms with Crippen molar-refractivity contribution >= 4 is 5.97 Å². The van der Waals surface area contributed by atoms with Crippen LogP contribution in [0, 0.1) is 0 Å². The van der Waals surface area contributed by atoms with Crippen molar-refractivity contribution in [2.24, 2.45) is 0 Å². The van der Waals surface area contributed by atoms with Crippen LogP contribution in [-0.2, 0) is 11.2 Å². The predicted molar refractivity (Wildman–Crippen MR) is 37.7 cm³/mol. The fourth-order valence-corrected chi connectivity index (χ4v) is 0.646. The highest BCUT2D eigenvalue weighted by Crippen LogP contribution is 1.99. The molecule has 1 aromatic rings. The van der Waals surface area contributed by atoms with E-state index in [1.165, 1.54) is 13.3 Å². The highest BCUT2D eigenvalue weighted by atomic mass is 16.5. The van der Waals surface area contributed by atoms with Crippen molar-refractivity contribution in [3.05, 3.63) is 11.9 Å². The van der Waals surface area contributed by atoms with Gasteiger partial charge in [-0.1, -0.05) is 5.10 Å². The van der Waals surface area contributed by atoms with E-state index >= 15 is 0 Å². The van der Waals surface area contributed by atoms with Gasteiger partial charge in [0.1, 0.15) is 0 Å². The summed E-state index contributed by atoms with van der Waals surface area (Å²) in [7, 11) is 1.39. The molecule has 0 atom stereocenters. The number of hydrogen-bond donors (Lipinski definition) is 1. The van der Waals surface area contributed by atoms with Crippen LogP contribution in [0.1, 0.15) is 5.69 Å². The van der Waals surface area contributed by atoms with E-state index < -0.39 is 5.97 Å². The van der Waals surface area contributed by atoms with E-state index in [0.29, 0.717) is 5.69 Å². The molecule has 0 spiro atoms. The van der Waals surface area contributed by atoms with Gasteiger partial charge < -0.3 is 9.84 Å². The Labute approximate surface area is 68.2 Å². The highest BCUT2D eigenvalue weighted by molar-refractivity contribution is 5.69. The summed E-state index contributed by atoms with van der Waals surface area (Å²) < 4.78 is 4.66. The van der Waals surface area contributed by atoms with Gasteiger partial charge in [-0.2, -0.15) is 10.1 Å². The van der Waals surface area contributed by atoms with E-state index in [9.17, 15) is 4.79 Å². The normalized spacial score (nSPS) is 9.42. The fourth-order valence-electron chi connectivity index (χ4n) is 0.646. The molecule has 0 aliphatic heterocycles. The summed E-state index contributed by atoms with van der Waals surface area (Å²) in [6, 6.07) is 0.0775. The van der Waals surface area contributed by atoms with Crippen LogP contribution in [0.3, 0.4) is 0 Å². The van der Waals surface area contributed by atoms with Gasteiger partial charge in [0.25, 0.3) is 0 Å². The minimum atomic E-state index is -0.961. The average molecular weight is 169 g/mol. The summed E-state index contributed by atoms with van der Waals surface area (Å²) in [6.45, 7) is 0. The van der Waals surface area contributed by atoms with Crippen LogP contribution >= 0.6 is 0 Å².